The molecule has 4 aliphatic carbocycles. The van der Waals surface area contributed by atoms with Crippen LogP contribution in [0, 0.1) is 16.7 Å². The van der Waals surface area contributed by atoms with Crippen LogP contribution >= 0.6 is 0 Å². The number of benzene rings is 1. The number of aliphatic hydroxyl groups is 6. The Morgan fingerprint density at radius 3 is 1.60 bits per heavy atom. The molecule has 5 heterocycles. The predicted molar refractivity (Wildman–Crippen MR) is 301 cm³/mol. The first kappa shape index (κ1) is 65.0. The van der Waals surface area contributed by atoms with Gasteiger partial charge in [-0.3, -0.25) is 4.79 Å². The lowest BCUT2D eigenvalue weighted by Crippen LogP contribution is -2.78. The van der Waals surface area contributed by atoms with E-state index in [1.807, 2.05) is 50.3 Å². The average Bonchev–Trinajstić information content (AvgIpc) is 1.62. The summed E-state index contributed by atoms with van der Waals surface area (Å²) in [5, 5.41) is 71.7. The third kappa shape index (κ3) is 12.2. The molecule has 9 aliphatic rings. The number of Topliss-reactive ketones (excluding diaryl/α,β-unsaturated/α-hetero) is 1. The molecule has 8 fully saturated rings. The first-order chi connectivity index (χ1) is 40.3. The molecule has 1 aromatic rings. The number of fused-ring (bicyclic) bond motifs is 5. The van der Waals surface area contributed by atoms with Gasteiger partial charge in [0.1, 0.15) is 53.4 Å². The number of ether oxygens (including phenoxy) is 14. The summed E-state index contributed by atoms with van der Waals surface area (Å²) in [6.45, 7) is 14.0. The zero-order valence-electron chi connectivity index (χ0n) is 51.1. The Kier molecular flexibility index (Phi) is 19.7. The van der Waals surface area contributed by atoms with Gasteiger partial charge in [0.2, 0.25) is 0 Å². The Morgan fingerprint density at radius 1 is 0.600 bits per heavy atom. The van der Waals surface area contributed by atoms with Crippen LogP contribution in [0.4, 0.5) is 0 Å². The monoisotopic (exact) mass is 1200 g/mol. The molecule has 28 atom stereocenters. The van der Waals surface area contributed by atoms with E-state index in [2.05, 4.69) is 6.92 Å². The third-order valence-corrected chi connectivity index (χ3v) is 21.3. The average molecular weight is 1200 g/mol. The van der Waals surface area contributed by atoms with Gasteiger partial charge in [0.05, 0.1) is 72.6 Å². The second-order valence-corrected chi connectivity index (χ2v) is 26.1. The summed E-state index contributed by atoms with van der Waals surface area (Å²) >= 11 is 0. The van der Waals surface area contributed by atoms with Crippen LogP contribution in [0.2, 0.25) is 0 Å². The molecule has 5 aliphatic heterocycles. The molecule has 6 N–H and O–H groups in total. The first-order valence-electron chi connectivity index (χ1n) is 30.8. The van der Waals surface area contributed by atoms with Gasteiger partial charge >= 0.3 is 5.97 Å². The van der Waals surface area contributed by atoms with Crippen LogP contribution in [-0.2, 0) is 75.9 Å². The number of rotatable bonds is 17. The maximum atomic E-state index is 13.6. The van der Waals surface area contributed by atoms with E-state index in [4.69, 9.17) is 66.3 Å². The summed E-state index contributed by atoms with van der Waals surface area (Å²) < 4.78 is 87.3. The van der Waals surface area contributed by atoms with Crippen LogP contribution in [-0.4, -0.2) is 216 Å². The minimum atomic E-state index is -2.07. The fourth-order valence-corrected chi connectivity index (χ4v) is 16.3. The minimum absolute atomic E-state index is 0.0464. The molecule has 0 aromatic heterocycles. The van der Waals surface area contributed by atoms with Gasteiger partial charge in [0.25, 0.3) is 0 Å². The number of carbonyl (C=O) groups excluding carboxylic acids is 2. The standard InChI is InChI=1S/C63H94O22/c1-32-54(68)43(72-9)28-51(75-32)84-57-36(5)79-53(30-45(57)74-11)85-58-35(4)78-52(29-44(58)73-10)83-56-34(3)77-50(27-42(56)66)82-55-33(2)76-49(26-41(55)65)80-40-20-21-59(7)39(25-40)19-22-62(70)46(59)31-47(81-48(67)18-17-38-15-13-12-14-16-38)60(8)61(69,37(6)64)23-24-63(60,62)71/h12-19,32-36,40-47,49-58,65-66,68-71H,20-31H2,1-11H3/b18-17+/t32-,33+,34+,35-,36+,40-,41-,42-,43+,44+,45-,46+,47+,49-,50-,51-,52-,53-,54-,55+,56+,57+,58-,59-,60+,61+,62-,63-/m0/s1. The van der Waals surface area contributed by atoms with E-state index in [0.29, 0.717) is 32.1 Å². The van der Waals surface area contributed by atoms with Crippen LogP contribution in [0.1, 0.15) is 138 Å². The van der Waals surface area contributed by atoms with Crippen molar-refractivity contribution in [2.45, 2.75) is 284 Å². The van der Waals surface area contributed by atoms with Crippen LogP contribution in [0.15, 0.2) is 48.1 Å². The lowest BCUT2D eigenvalue weighted by atomic mass is 9.42. The summed E-state index contributed by atoms with van der Waals surface area (Å²) in [6.07, 6.45) is -7.07. The van der Waals surface area contributed by atoms with E-state index in [-0.39, 0.29) is 51.0 Å². The molecule has 22 nitrogen and oxygen atoms in total. The van der Waals surface area contributed by atoms with E-state index in [1.54, 1.807) is 55.1 Å². The van der Waals surface area contributed by atoms with E-state index in [9.17, 15) is 40.2 Å². The van der Waals surface area contributed by atoms with Gasteiger partial charge < -0.3 is 97.0 Å². The van der Waals surface area contributed by atoms with E-state index in [0.717, 1.165) is 11.1 Å². The van der Waals surface area contributed by atoms with Gasteiger partial charge in [-0.1, -0.05) is 48.9 Å². The highest BCUT2D eigenvalue weighted by molar-refractivity contribution is 5.88. The molecule has 3 saturated carbocycles. The number of hydrogen-bond donors (Lipinski definition) is 6. The van der Waals surface area contributed by atoms with Crippen LogP contribution in [0.3, 0.4) is 0 Å². The summed E-state index contributed by atoms with van der Waals surface area (Å²) in [6, 6.07) is 9.24. The van der Waals surface area contributed by atoms with Gasteiger partial charge in [-0.25, -0.2) is 4.79 Å². The van der Waals surface area contributed by atoms with Crippen molar-refractivity contribution < 1.29 is 107 Å². The Bertz CT molecular complexity index is 2500. The van der Waals surface area contributed by atoms with Crippen LogP contribution < -0.4 is 0 Å². The van der Waals surface area contributed by atoms with E-state index in [1.165, 1.54) is 13.0 Å². The Hall–Kier alpha value is -2.92. The van der Waals surface area contributed by atoms with Gasteiger partial charge in [0, 0.05) is 65.4 Å². The molecule has 0 spiro atoms. The molecule has 0 radical (unpaired) electrons. The lowest BCUT2D eigenvalue weighted by Gasteiger charge is -2.67. The van der Waals surface area contributed by atoms with Crippen molar-refractivity contribution in [2.75, 3.05) is 21.3 Å². The quantitative estimate of drug-likeness (QED) is 0.0713. The minimum Gasteiger partial charge on any atom is -0.458 e. The summed E-state index contributed by atoms with van der Waals surface area (Å²) in [7, 11) is 4.76. The number of methoxy groups -OCH3 is 3. The van der Waals surface area contributed by atoms with E-state index >= 15 is 0 Å². The molecule has 0 amide bonds. The van der Waals surface area contributed by atoms with Gasteiger partial charge in [-0.15, -0.1) is 0 Å². The number of hydrogen-bond acceptors (Lipinski definition) is 22. The Labute approximate surface area is 498 Å². The van der Waals surface area contributed by atoms with Crippen molar-refractivity contribution in [3.05, 3.63) is 53.6 Å². The first-order valence-corrected chi connectivity index (χ1v) is 30.8. The Morgan fingerprint density at radius 2 is 1.08 bits per heavy atom. The fraction of sp³-hybridized carbons (Fsp3) is 0.810. The van der Waals surface area contributed by atoms with E-state index < -0.39 is 174 Å². The van der Waals surface area contributed by atoms with Gasteiger partial charge in [0.15, 0.2) is 37.2 Å². The molecule has 22 heteroatoms. The molecule has 0 bridgehead atoms. The van der Waals surface area contributed by atoms with Crippen molar-refractivity contribution in [2.24, 2.45) is 16.7 Å². The number of esters is 1. The highest BCUT2D eigenvalue weighted by atomic mass is 16.8. The third-order valence-electron chi connectivity index (χ3n) is 21.3. The zero-order valence-corrected chi connectivity index (χ0v) is 51.1. The van der Waals surface area contributed by atoms with Crippen molar-refractivity contribution in [1.82, 2.24) is 0 Å². The van der Waals surface area contributed by atoms with Gasteiger partial charge in [-0.2, -0.15) is 0 Å². The molecule has 10 rings (SSSR count). The molecular formula is C63H94O22. The molecule has 478 valence electrons. The number of aliphatic hydroxyl groups excluding tert-OH is 3. The number of carbonyl (C=O) groups is 2. The van der Waals surface area contributed by atoms with Crippen molar-refractivity contribution in [3.63, 3.8) is 0 Å². The fourth-order valence-electron chi connectivity index (χ4n) is 16.3. The largest absolute Gasteiger partial charge is 0.458 e. The highest BCUT2D eigenvalue weighted by Crippen LogP contribution is 2.71. The van der Waals surface area contributed by atoms with Crippen molar-refractivity contribution in [1.29, 1.82) is 0 Å². The smallest absolute Gasteiger partial charge is 0.331 e. The second kappa shape index (κ2) is 25.8. The number of ketones is 1. The molecular weight excluding hydrogens is 1110 g/mol. The maximum absolute atomic E-state index is 13.6. The lowest BCUT2D eigenvalue weighted by molar-refractivity contribution is -0.351. The van der Waals surface area contributed by atoms with Gasteiger partial charge in [-0.05, 0) is 110 Å². The Balaban J connectivity index is 0.705. The molecule has 5 saturated heterocycles. The highest BCUT2D eigenvalue weighted by Gasteiger charge is 2.81. The molecule has 85 heavy (non-hydrogen) atoms. The second-order valence-electron chi connectivity index (χ2n) is 26.1. The predicted octanol–water partition coefficient (Wildman–Crippen LogP) is 4.46. The maximum Gasteiger partial charge on any atom is 0.331 e. The van der Waals surface area contributed by atoms with Crippen LogP contribution in [0.25, 0.3) is 6.08 Å². The van der Waals surface area contributed by atoms with Crippen molar-refractivity contribution in [3.8, 4) is 0 Å². The molecule has 0 unspecified atom stereocenters. The summed E-state index contributed by atoms with van der Waals surface area (Å²) in [5.41, 5.74) is -6.45. The zero-order chi connectivity index (χ0) is 61.1. The van der Waals surface area contributed by atoms with Crippen molar-refractivity contribution >= 4 is 17.8 Å². The molecule has 1 aromatic carbocycles. The summed E-state index contributed by atoms with van der Waals surface area (Å²) in [5.74, 6) is -1.88. The SMILES string of the molecule is CO[C@H]1C[C@H](O[C@H]2[C@H](C)O[C@@H](O[C@H]3[C@@H](O)C[C@H](O[C@H]4[C@@H](O)C[C@H](O[C@H]5CC[C@@]6(C)C(=CC[C@]7(O)[C@@H]6C[C@@H](OC(=O)/C=C/c6ccccc6)[C@@]6(C)[C@@]7(O)CC[C@@]6(O)C(C)=O)C5)O[C@@H]4C)O[C@@H]3C)C[C@H]2OC)O[C@H](C)[C@H]1O[C@H]1C[C@@H](OC)[C@@H](O)[C@H](C)O1. The normalized spacial score (nSPS) is 49.3. The summed E-state index contributed by atoms with van der Waals surface area (Å²) in [4.78, 5) is 27.0. The van der Waals surface area contributed by atoms with Crippen LogP contribution in [0.5, 0.6) is 0 Å². The topological polar surface area (TPSA) is 285 Å².